The van der Waals surface area contributed by atoms with Gasteiger partial charge in [0.15, 0.2) is 11.0 Å². The van der Waals surface area contributed by atoms with E-state index in [0.29, 0.717) is 16.9 Å². The molecule has 4 rings (SSSR count). The number of pyridine rings is 1. The van der Waals surface area contributed by atoms with Gasteiger partial charge in [-0.05, 0) is 60.0 Å². The number of methoxy groups -OCH3 is 1. The van der Waals surface area contributed by atoms with Crippen LogP contribution in [0.5, 0.6) is 5.75 Å². The Hall–Kier alpha value is -3.65. The predicted molar refractivity (Wildman–Crippen MR) is 131 cm³/mol. The van der Waals surface area contributed by atoms with Gasteiger partial charge in [0.2, 0.25) is 5.91 Å². The SMILES string of the molecule is COc1ccc(-n2c(SCC(=O)Nc3ccc(C(C)C)cc3)nnc2-c2cccnc2)cc1. The fourth-order valence-electron chi connectivity index (χ4n) is 3.29. The van der Waals surface area contributed by atoms with Crippen LogP contribution < -0.4 is 10.1 Å². The molecule has 0 aliphatic heterocycles. The van der Waals surface area contributed by atoms with Gasteiger partial charge in [-0.1, -0.05) is 37.7 Å². The van der Waals surface area contributed by atoms with E-state index < -0.39 is 0 Å². The van der Waals surface area contributed by atoms with E-state index >= 15 is 0 Å². The molecule has 0 aliphatic carbocycles. The first kappa shape index (κ1) is 22.5. The fourth-order valence-corrected chi connectivity index (χ4v) is 4.04. The van der Waals surface area contributed by atoms with Gasteiger partial charge in [-0.25, -0.2) is 0 Å². The zero-order valence-electron chi connectivity index (χ0n) is 18.7. The summed E-state index contributed by atoms with van der Waals surface area (Å²) in [4.78, 5) is 16.8. The Morgan fingerprint density at radius 2 is 1.82 bits per heavy atom. The lowest BCUT2D eigenvalue weighted by molar-refractivity contribution is -0.113. The quantitative estimate of drug-likeness (QED) is 0.365. The van der Waals surface area contributed by atoms with Gasteiger partial charge < -0.3 is 10.1 Å². The number of benzene rings is 2. The first-order chi connectivity index (χ1) is 16.0. The number of nitrogens with one attached hydrogen (secondary N) is 1. The maximum atomic E-state index is 12.6. The fraction of sp³-hybridized carbons (Fsp3) is 0.200. The molecular formula is C25H25N5O2S. The number of amides is 1. The van der Waals surface area contributed by atoms with Crippen molar-refractivity contribution in [1.82, 2.24) is 19.7 Å². The highest BCUT2D eigenvalue weighted by molar-refractivity contribution is 7.99. The third kappa shape index (κ3) is 5.40. The van der Waals surface area contributed by atoms with E-state index in [1.54, 1.807) is 19.5 Å². The number of aromatic nitrogens is 4. The zero-order valence-corrected chi connectivity index (χ0v) is 19.5. The molecule has 1 amide bonds. The standard InChI is InChI=1S/C25H25N5O2S/c1-17(2)18-6-8-20(9-7-18)27-23(31)16-33-25-29-28-24(19-5-4-14-26-15-19)30(25)21-10-12-22(32-3)13-11-21/h4-15,17H,16H2,1-3H3,(H,27,31). The van der Waals surface area contributed by atoms with E-state index in [0.717, 1.165) is 22.7 Å². The topological polar surface area (TPSA) is 81.9 Å². The first-order valence-electron chi connectivity index (χ1n) is 10.6. The molecule has 0 radical (unpaired) electrons. The Bertz CT molecular complexity index is 1210. The van der Waals surface area contributed by atoms with Crippen molar-refractivity contribution >= 4 is 23.4 Å². The van der Waals surface area contributed by atoms with Crippen molar-refractivity contribution in [3.05, 3.63) is 78.6 Å². The van der Waals surface area contributed by atoms with E-state index in [1.807, 2.05) is 65.2 Å². The summed E-state index contributed by atoms with van der Waals surface area (Å²) in [6.07, 6.45) is 3.46. The summed E-state index contributed by atoms with van der Waals surface area (Å²) in [5, 5.41) is 12.3. The number of hydrogen-bond donors (Lipinski definition) is 1. The summed E-state index contributed by atoms with van der Waals surface area (Å²) in [5.41, 5.74) is 3.71. The molecule has 0 spiro atoms. The Morgan fingerprint density at radius 1 is 1.06 bits per heavy atom. The average molecular weight is 460 g/mol. The molecule has 0 fully saturated rings. The molecule has 168 valence electrons. The van der Waals surface area contributed by atoms with Crippen molar-refractivity contribution in [3.63, 3.8) is 0 Å². The van der Waals surface area contributed by atoms with E-state index in [-0.39, 0.29) is 11.7 Å². The summed E-state index contributed by atoms with van der Waals surface area (Å²) in [5.74, 6) is 1.95. The molecule has 33 heavy (non-hydrogen) atoms. The van der Waals surface area contributed by atoms with Gasteiger partial charge >= 0.3 is 0 Å². The van der Waals surface area contributed by atoms with E-state index in [2.05, 4.69) is 34.3 Å². The highest BCUT2D eigenvalue weighted by Gasteiger charge is 2.17. The van der Waals surface area contributed by atoms with Crippen molar-refractivity contribution in [3.8, 4) is 22.8 Å². The Labute approximate surface area is 197 Å². The van der Waals surface area contributed by atoms with Crippen LogP contribution in [0, 0.1) is 0 Å². The summed E-state index contributed by atoms with van der Waals surface area (Å²) in [6.45, 7) is 4.28. The molecule has 2 heterocycles. The minimum absolute atomic E-state index is 0.107. The van der Waals surface area contributed by atoms with Crippen LogP contribution in [0.4, 0.5) is 5.69 Å². The number of hydrogen-bond acceptors (Lipinski definition) is 6. The third-order valence-corrected chi connectivity index (χ3v) is 6.01. The summed E-state index contributed by atoms with van der Waals surface area (Å²) < 4.78 is 7.20. The van der Waals surface area contributed by atoms with Gasteiger partial charge in [-0.3, -0.25) is 14.3 Å². The van der Waals surface area contributed by atoms with Crippen LogP contribution in [0.25, 0.3) is 17.1 Å². The van der Waals surface area contributed by atoms with Gasteiger partial charge in [-0.15, -0.1) is 10.2 Å². The van der Waals surface area contributed by atoms with Gasteiger partial charge in [0.05, 0.1) is 12.9 Å². The van der Waals surface area contributed by atoms with Gasteiger partial charge in [0.1, 0.15) is 5.75 Å². The van der Waals surface area contributed by atoms with E-state index in [1.165, 1.54) is 17.3 Å². The molecule has 0 atom stereocenters. The van der Waals surface area contributed by atoms with Gasteiger partial charge in [0.25, 0.3) is 0 Å². The molecule has 0 aliphatic rings. The highest BCUT2D eigenvalue weighted by atomic mass is 32.2. The number of carbonyl (C=O) groups is 1. The molecule has 8 heteroatoms. The van der Waals surface area contributed by atoms with Crippen LogP contribution in [0.1, 0.15) is 25.3 Å². The lowest BCUT2D eigenvalue weighted by atomic mass is 10.0. The number of ether oxygens (including phenoxy) is 1. The second kappa shape index (κ2) is 10.3. The summed E-state index contributed by atoms with van der Waals surface area (Å²) >= 11 is 1.33. The van der Waals surface area contributed by atoms with Crippen molar-refractivity contribution in [2.24, 2.45) is 0 Å². The maximum absolute atomic E-state index is 12.6. The van der Waals surface area contributed by atoms with Crippen molar-refractivity contribution in [2.75, 3.05) is 18.2 Å². The maximum Gasteiger partial charge on any atom is 0.234 e. The monoisotopic (exact) mass is 459 g/mol. The molecule has 1 N–H and O–H groups in total. The van der Waals surface area contributed by atoms with Crippen LogP contribution in [0.2, 0.25) is 0 Å². The lowest BCUT2D eigenvalue weighted by Crippen LogP contribution is -2.14. The molecule has 0 unspecified atom stereocenters. The molecule has 0 saturated carbocycles. The van der Waals surface area contributed by atoms with E-state index in [4.69, 9.17) is 4.74 Å². The third-order valence-electron chi connectivity index (χ3n) is 5.08. The number of rotatable bonds is 8. The van der Waals surface area contributed by atoms with Crippen LogP contribution >= 0.6 is 11.8 Å². The molecule has 2 aromatic carbocycles. The van der Waals surface area contributed by atoms with Crippen LogP contribution in [-0.2, 0) is 4.79 Å². The number of nitrogens with zero attached hydrogens (tertiary/aromatic N) is 4. The number of anilines is 1. The van der Waals surface area contributed by atoms with E-state index in [9.17, 15) is 4.79 Å². The Kier molecular flexibility index (Phi) is 7.04. The molecule has 7 nitrogen and oxygen atoms in total. The smallest absolute Gasteiger partial charge is 0.234 e. The predicted octanol–water partition coefficient (Wildman–Crippen LogP) is 5.19. The zero-order chi connectivity index (χ0) is 23.2. The Morgan fingerprint density at radius 3 is 2.45 bits per heavy atom. The minimum Gasteiger partial charge on any atom is -0.497 e. The van der Waals surface area contributed by atoms with Crippen LogP contribution in [0.15, 0.2) is 78.2 Å². The lowest BCUT2D eigenvalue weighted by Gasteiger charge is -2.11. The van der Waals surface area contributed by atoms with Gasteiger partial charge in [0, 0.05) is 29.3 Å². The average Bonchev–Trinajstić information content (AvgIpc) is 3.27. The van der Waals surface area contributed by atoms with Crippen LogP contribution in [-0.4, -0.2) is 38.5 Å². The largest absolute Gasteiger partial charge is 0.497 e. The molecule has 4 aromatic rings. The molecule has 2 aromatic heterocycles. The number of thioether (sulfide) groups is 1. The summed E-state index contributed by atoms with van der Waals surface area (Å²) in [6, 6.07) is 19.3. The molecule has 0 bridgehead atoms. The number of carbonyl (C=O) groups excluding carboxylic acids is 1. The second-order valence-electron chi connectivity index (χ2n) is 7.69. The first-order valence-corrected chi connectivity index (χ1v) is 11.6. The molecular weight excluding hydrogens is 434 g/mol. The van der Waals surface area contributed by atoms with Gasteiger partial charge in [-0.2, -0.15) is 0 Å². The Balaban J connectivity index is 1.54. The second-order valence-corrected chi connectivity index (χ2v) is 8.64. The minimum atomic E-state index is -0.107. The summed E-state index contributed by atoms with van der Waals surface area (Å²) in [7, 11) is 1.63. The van der Waals surface area contributed by atoms with Crippen molar-refractivity contribution in [2.45, 2.75) is 24.9 Å². The normalized spacial score (nSPS) is 10.9. The highest BCUT2D eigenvalue weighted by Crippen LogP contribution is 2.28. The van der Waals surface area contributed by atoms with Crippen molar-refractivity contribution in [1.29, 1.82) is 0 Å². The van der Waals surface area contributed by atoms with Crippen LogP contribution in [0.3, 0.4) is 0 Å². The molecule has 0 saturated heterocycles. The van der Waals surface area contributed by atoms with Crippen molar-refractivity contribution < 1.29 is 9.53 Å².